The quantitative estimate of drug-likeness (QED) is 0.884. The van der Waals surface area contributed by atoms with Crippen LogP contribution in [0.2, 0.25) is 5.02 Å². The van der Waals surface area contributed by atoms with Crippen molar-refractivity contribution in [2.45, 2.75) is 19.9 Å². The standard InChI is InChI=1S/C14H17BrClN3O/c1-8(11-7-19(3)18-9(11)2)17-13-6-10(16)5-12(15)14(13)20-4/h5-8,17H,1-4H3. The summed E-state index contributed by atoms with van der Waals surface area (Å²) in [6, 6.07) is 3.77. The molecule has 20 heavy (non-hydrogen) atoms. The second-order valence-corrected chi connectivity index (χ2v) is 5.97. The lowest BCUT2D eigenvalue weighted by atomic mass is 10.1. The molecule has 0 radical (unpaired) electrons. The number of benzene rings is 1. The highest BCUT2D eigenvalue weighted by Crippen LogP contribution is 2.38. The van der Waals surface area contributed by atoms with Gasteiger partial charge in [0.25, 0.3) is 0 Å². The molecule has 0 aliphatic carbocycles. The van der Waals surface area contributed by atoms with E-state index in [9.17, 15) is 0 Å². The Labute approximate surface area is 132 Å². The van der Waals surface area contributed by atoms with Crippen molar-refractivity contribution in [2.75, 3.05) is 12.4 Å². The van der Waals surface area contributed by atoms with Gasteiger partial charge in [0.15, 0.2) is 5.75 Å². The molecule has 4 nitrogen and oxygen atoms in total. The lowest BCUT2D eigenvalue weighted by Gasteiger charge is -2.18. The molecule has 6 heteroatoms. The van der Waals surface area contributed by atoms with Crippen LogP contribution >= 0.6 is 27.5 Å². The first-order chi connectivity index (χ1) is 9.42. The lowest BCUT2D eigenvalue weighted by molar-refractivity contribution is 0.413. The zero-order chi connectivity index (χ0) is 14.9. The summed E-state index contributed by atoms with van der Waals surface area (Å²) in [6.45, 7) is 4.08. The van der Waals surface area contributed by atoms with E-state index in [4.69, 9.17) is 16.3 Å². The third-order valence-corrected chi connectivity index (χ3v) is 3.91. The van der Waals surface area contributed by atoms with Crippen molar-refractivity contribution in [1.82, 2.24) is 9.78 Å². The maximum atomic E-state index is 6.10. The van der Waals surface area contributed by atoms with Gasteiger partial charge in [0.05, 0.1) is 29.0 Å². The summed E-state index contributed by atoms with van der Waals surface area (Å²) in [5.41, 5.74) is 3.00. The van der Waals surface area contributed by atoms with Crippen LogP contribution < -0.4 is 10.1 Å². The molecule has 108 valence electrons. The molecule has 1 aromatic carbocycles. The fourth-order valence-electron chi connectivity index (χ4n) is 2.23. The number of ether oxygens (including phenoxy) is 1. The van der Waals surface area contributed by atoms with Crippen LogP contribution in [0.5, 0.6) is 5.75 Å². The van der Waals surface area contributed by atoms with Crippen LogP contribution in [-0.2, 0) is 7.05 Å². The average Bonchev–Trinajstić information content (AvgIpc) is 2.68. The molecule has 0 spiro atoms. The first-order valence-corrected chi connectivity index (χ1v) is 7.39. The molecule has 1 N–H and O–H groups in total. The molecule has 0 aliphatic rings. The molecule has 2 aromatic rings. The van der Waals surface area contributed by atoms with Crippen LogP contribution in [0.4, 0.5) is 5.69 Å². The van der Waals surface area contributed by atoms with E-state index in [1.54, 1.807) is 7.11 Å². The van der Waals surface area contributed by atoms with E-state index in [1.807, 2.05) is 37.0 Å². The fourth-order valence-corrected chi connectivity index (χ4v) is 3.20. The molecule has 0 bridgehead atoms. The van der Waals surface area contributed by atoms with Gasteiger partial charge in [0, 0.05) is 23.8 Å². The molecular formula is C14H17BrClN3O. The zero-order valence-corrected chi connectivity index (χ0v) is 14.2. The summed E-state index contributed by atoms with van der Waals surface area (Å²) in [5, 5.41) is 8.43. The van der Waals surface area contributed by atoms with Crippen molar-refractivity contribution in [2.24, 2.45) is 7.05 Å². The highest BCUT2D eigenvalue weighted by Gasteiger charge is 2.15. The van der Waals surface area contributed by atoms with Crippen LogP contribution in [0.1, 0.15) is 24.2 Å². The minimum Gasteiger partial charge on any atom is -0.493 e. The highest BCUT2D eigenvalue weighted by atomic mass is 79.9. The Bertz CT molecular complexity index is 627. The molecule has 2 rings (SSSR count). The van der Waals surface area contributed by atoms with Gasteiger partial charge in [-0.2, -0.15) is 5.10 Å². The van der Waals surface area contributed by atoms with Crippen molar-refractivity contribution < 1.29 is 4.74 Å². The number of anilines is 1. The summed E-state index contributed by atoms with van der Waals surface area (Å²) in [6.07, 6.45) is 2.01. The first-order valence-electron chi connectivity index (χ1n) is 6.22. The van der Waals surface area contributed by atoms with E-state index in [0.717, 1.165) is 27.2 Å². The van der Waals surface area contributed by atoms with Crippen molar-refractivity contribution in [3.8, 4) is 5.75 Å². The molecule has 1 heterocycles. The topological polar surface area (TPSA) is 39.1 Å². The van der Waals surface area contributed by atoms with Gasteiger partial charge in [-0.05, 0) is 41.9 Å². The smallest absolute Gasteiger partial charge is 0.156 e. The van der Waals surface area contributed by atoms with E-state index in [1.165, 1.54) is 0 Å². The van der Waals surface area contributed by atoms with E-state index in [2.05, 4.69) is 33.3 Å². The van der Waals surface area contributed by atoms with Crippen LogP contribution in [-0.4, -0.2) is 16.9 Å². The molecule has 0 saturated carbocycles. The summed E-state index contributed by atoms with van der Waals surface area (Å²) in [4.78, 5) is 0. The summed E-state index contributed by atoms with van der Waals surface area (Å²) in [7, 11) is 3.55. The van der Waals surface area contributed by atoms with Gasteiger partial charge < -0.3 is 10.1 Å². The minimum atomic E-state index is 0.1000. The number of nitrogens with zero attached hydrogens (tertiary/aromatic N) is 2. The highest BCUT2D eigenvalue weighted by molar-refractivity contribution is 9.10. The molecule has 0 amide bonds. The number of halogens is 2. The number of hydrogen-bond acceptors (Lipinski definition) is 3. The van der Waals surface area contributed by atoms with E-state index < -0.39 is 0 Å². The predicted octanol–water partition coefficient (Wildman–Crippen LogP) is 4.33. The zero-order valence-electron chi connectivity index (χ0n) is 11.9. The first kappa shape index (κ1) is 15.2. The van der Waals surface area contributed by atoms with Gasteiger partial charge in [-0.1, -0.05) is 11.6 Å². The predicted molar refractivity (Wildman–Crippen MR) is 85.7 cm³/mol. The monoisotopic (exact) mass is 357 g/mol. The van der Waals surface area contributed by atoms with Gasteiger partial charge in [-0.3, -0.25) is 4.68 Å². The molecule has 0 aliphatic heterocycles. The fraction of sp³-hybridized carbons (Fsp3) is 0.357. The maximum absolute atomic E-state index is 6.10. The SMILES string of the molecule is COc1c(Br)cc(Cl)cc1NC(C)c1cn(C)nc1C. The molecule has 0 saturated heterocycles. The van der Waals surface area contributed by atoms with E-state index in [0.29, 0.717) is 5.02 Å². The summed E-state index contributed by atoms with van der Waals surface area (Å²) < 4.78 is 8.05. The number of methoxy groups -OCH3 is 1. The van der Waals surface area contributed by atoms with Gasteiger partial charge in [-0.25, -0.2) is 0 Å². The number of aromatic nitrogens is 2. The minimum absolute atomic E-state index is 0.1000. The Balaban J connectivity index is 2.32. The van der Waals surface area contributed by atoms with Crippen LogP contribution in [0.3, 0.4) is 0 Å². The second kappa shape index (κ2) is 6.06. The van der Waals surface area contributed by atoms with Gasteiger partial charge in [0.1, 0.15) is 0 Å². The van der Waals surface area contributed by atoms with E-state index in [-0.39, 0.29) is 6.04 Å². The molecule has 0 fully saturated rings. The molecule has 1 unspecified atom stereocenters. The number of nitrogens with one attached hydrogen (secondary N) is 1. The van der Waals surface area contributed by atoms with Gasteiger partial charge in [0.2, 0.25) is 0 Å². The maximum Gasteiger partial charge on any atom is 0.156 e. The van der Waals surface area contributed by atoms with Gasteiger partial charge >= 0.3 is 0 Å². The van der Waals surface area contributed by atoms with Crippen LogP contribution in [0.15, 0.2) is 22.8 Å². The number of rotatable bonds is 4. The van der Waals surface area contributed by atoms with Crippen molar-refractivity contribution >= 4 is 33.2 Å². The Morgan fingerprint density at radius 2 is 2.15 bits per heavy atom. The van der Waals surface area contributed by atoms with Crippen LogP contribution in [0.25, 0.3) is 0 Å². The molecular weight excluding hydrogens is 342 g/mol. The Morgan fingerprint density at radius 1 is 1.45 bits per heavy atom. The van der Waals surface area contributed by atoms with Crippen molar-refractivity contribution in [3.63, 3.8) is 0 Å². The second-order valence-electron chi connectivity index (χ2n) is 4.68. The Morgan fingerprint density at radius 3 is 2.70 bits per heavy atom. The Hall–Kier alpha value is -1.20. The molecule has 1 aromatic heterocycles. The number of aryl methyl sites for hydroxylation is 2. The normalized spacial score (nSPS) is 12.3. The van der Waals surface area contributed by atoms with Gasteiger partial charge in [-0.15, -0.1) is 0 Å². The summed E-state index contributed by atoms with van der Waals surface area (Å²) >= 11 is 9.56. The lowest BCUT2D eigenvalue weighted by Crippen LogP contribution is -2.08. The van der Waals surface area contributed by atoms with Crippen molar-refractivity contribution in [3.05, 3.63) is 39.1 Å². The van der Waals surface area contributed by atoms with Crippen molar-refractivity contribution in [1.29, 1.82) is 0 Å². The third kappa shape index (κ3) is 3.10. The average molecular weight is 359 g/mol. The number of hydrogen-bond donors (Lipinski definition) is 1. The Kier molecular flexibility index (Phi) is 4.60. The molecule has 1 atom stereocenters. The summed E-state index contributed by atoms with van der Waals surface area (Å²) in [5.74, 6) is 0.739. The third-order valence-electron chi connectivity index (χ3n) is 3.10. The van der Waals surface area contributed by atoms with E-state index >= 15 is 0 Å². The largest absolute Gasteiger partial charge is 0.493 e. The van der Waals surface area contributed by atoms with Crippen LogP contribution in [0, 0.1) is 6.92 Å².